The van der Waals surface area contributed by atoms with Crippen LogP contribution in [0.5, 0.6) is 11.5 Å². The summed E-state index contributed by atoms with van der Waals surface area (Å²) in [5.74, 6) is 1.46. The highest BCUT2D eigenvalue weighted by molar-refractivity contribution is 5.79. The number of hydrogen-bond acceptors (Lipinski definition) is 4. The lowest BCUT2D eigenvalue weighted by atomic mass is 10.1. The van der Waals surface area contributed by atoms with Gasteiger partial charge in [-0.1, -0.05) is 6.07 Å². The Labute approximate surface area is 142 Å². The van der Waals surface area contributed by atoms with Crippen LogP contribution in [0.1, 0.15) is 24.0 Å². The number of carbonyl (C=O) groups excluding carboxylic acids is 1. The quantitative estimate of drug-likeness (QED) is 0.785. The Kier molecular flexibility index (Phi) is 4.99. The molecular weight excluding hydrogens is 304 g/mol. The molecule has 24 heavy (non-hydrogen) atoms. The van der Waals surface area contributed by atoms with Crippen LogP contribution in [0.4, 0.5) is 0 Å². The van der Waals surface area contributed by atoms with Gasteiger partial charge in [0.15, 0.2) is 11.5 Å². The van der Waals surface area contributed by atoms with Crippen LogP contribution in [0, 0.1) is 0 Å². The molecule has 0 unspecified atom stereocenters. The Balaban J connectivity index is 1.72. The smallest absolute Gasteiger partial charge is 0.227 e. The van der Waals surface area contributed by atoms with Crippen molar-refractivity contribution in [3.05, 3.63) is 53.9 Å². The summed E-state index contributed by atoms with van der Waals surface area (Å²) in [6.45, 7) is 0.638. The number of methoxy groups -OCH3 is 2. The van der Waals surface area contributed by atoms with E-state index in [0.717, 1.165) is 24.0 Å². The first kappa shape index (κ1) is 16.3. The number of nitrogens with zero attached hydrogens (tertiary/aromatic N) is 2. The van der Waals surface area contributed by atoms with Crippen LogP contribution in [0.2, 0.25) is 0 Å². The minimum Gasteiger partial charge on any atom is -0.493 e. The number of pyridine rings is 1. The van der Waals surface area contributed by atoms with Crippen LogP contribution in [0.25, 0.3) is 0 Å². The summed E-state index contributed by atoms with van der Waals surface area (Å²) >= 11 is 0. The molecule has 0 bridgehead atoms. The van der Waals surface area contributed by atoms with Gasteiger partial charge >= 0.3 is 0 Å². The van der Waals surface area contributed by atoms with Gasteiger partial charge in [0.1, 0.15) is 0 Å². The Morgan fingerprint density at radius 2 is 1.79 bits per heavy atom. The maximum atomic E-state index is 12.8. The third-order valence-corrected chi connectivity index (χ3v) is 4.21. The molecule has 0 aliphatic heterocycles. The molecule has 5 nitrogen and oxygen atoms in total. The Hall–Kier alpha value is -2.56. The summed E-state index contributed by atoms with van der Waals surface area (Å²) in [4.78, 5) is 18.8. The van der Waals surface area contributed by atoms with Crippen LogP contribution < -0.4 is 9.47 Å². The number of amides is 1. The number of aromatic nitrogens is 1. The molecule has 0 saturated heterocycles. The summed E-state index contributed by atoms with van der Waals surface area (Å²) in [5.41, 5.74) is 2.04. The van der Waals surface area contributed by atoms with Crippen molar-refractivity contribution < 1.29 is 14.3 Å². The van der Waals surface area contributed by atoms with E-state index >= 15 is 0 Å². The lowest BCUT2D eigenvalue weighted by molar-refractivity contribution is -0.131. The summed E-state index contributed by atoms with van der Waals surface area (Å²) in [7, 11) is 3.20. The molecule has 1 aliphatic rings. The van der Waals surface area contributed by atoms with E-state index in [1.165, 1.54) is 0 Å². The van der Waals surface area contributed by atoms with Crippen LogP contribution in [-0.4, -0.2) is 36.1 Å². The van der Waals surface area contributed by atoms with Gasteiger partial charge in [0, 0.05) is 25.0 Å². The maximum Gasteiger partial charge on any atom is 0.227 e. The molecule has 5 heteroatoms. The Morgan fingerprint density at radius 1 is 1.08 bits per heavy atom. The number of carbonyl (C=O) groups is 1. The summed E-state index contributed by atoms with van der Waals surface area (Å²) in [5, 5.41) is 0. The molecule has 1 aromatic carbocycles. The second-order valence-corrected chi connectivity index (χ2v) is 5.97. The monoisotopic (exact) mass is 326 g/mol. The normalized spacial score (nSPS) is 13.4. The molecule has 2 aromatic rings. The predicted molar refractivity (Wildman–Crippen MR) is 91.1 cm³/mol. The highest BCUT2D eigenvalue weighted by Crippen LogP contribution is 2.31. The molecule has 1 heterocycles. The van der Waals surface area contributed by atoms with Gasteiger partial charge in [-0.15, -0.1) is 0 Å². The molecule has 1 amide bonds. The van der Waals surface area contributed by atoms with Gasteiger partial charge < -0.3 is 14.4 Å². The summed E-state index contributed by atoms with van der Waals surface area (Å²) < 4.78 is 10.6. The molecule has 126 valence electrons. The van der Waals surface area contributed by atoms with Crippen molar-refractivity contribution in [1.29, 1.82) is 0 Å². The van der Waals surface area contributed by atoms with Crippen molar-refractivity contribution >= 4 is 5.91 Å². The maximum absolute atomic E-state index is 12.8. The van der Waals surface area contributed by atoms with Crippen molar-refractivity contribution in [3.8, 4) is 11.5 Å². The van der Waals surface area contributed by atoms with Crippen LogP contribution >= 0.6 is 0 Å². The van der Waals surface area contributed by atoms with Crippen molar-refractivity contribution in [2.45, 2.75) is 31.8 Å². The number of benzene rings is 1. The molecule has 0 atom stereocenters. The van der Waals surface area contributed by atoms with Gasteiger partial charge in [-0.2, -0.15) is 0 Å². The molecule has 0 N–H and O–H groups in total. The first-order chi connectivity index (χ1) is 11.7. The van der Waals surface area contributed by atoms with Crippen molar-refractivity contribution in [1.82, 2.24) is 9.88 Å². The van der Waals surface area contributed by atoms with Gasteiger partial charge in [0.2, 0.25) is 5.91 Å². The van der Waals surface area contributed by atoms with Gasteiger partial charge in [-0.25, -0.2) is 0 Å². The third-order valence-electron chi connectivity index (χ3n) is 4.21. The molecule has 0 radical (unpaired) electrons. The van der Waals surface area contributed by atoms with Gasteiger partial charge in [0.25, 0.3) is 0 Å². The minimum atomic E-state index is 0.140. The van der Waals surface area contributed by atoms with E-state index in [2.05, 4.69) is 4.98 Å². The van der Waals surface area contributed by atoms with E-state index in [1.807, 2.05) is 35.2 Å². The van der Waals surface area contributed by atoms with Gasteiger partial charge in [-0.3, -0.25) is 9.78 Å². The molecule has 1 aromatic heterocycles. The molecular formula is C19H22N2O3. The molecule has 1 saturated carbocycles. The van der Waals surface area contributed by atoms with E-state index < -0.39 is 0 Å². The third kappa shape index (κ3) is 3.85. The fraction of sp³-hybridized carbons (Fsp3) is 0.368. The van der Waals surface area contributed by atoms with E-state index in [-0.39, 0.29) is 5.91 Å². The molecule has 1 aliphatic carbocycles. The van der Waals surface area contributed by atoms with Crippen LogP contribution in [0.15, 0.2) is 42.7 Å². The number of rotatable bonds is 7. The largest absolute Gasteiger partial charge is 0.493 e. The average molecular weight is 326 g/mol. The van der Waals surface area contributed by atoms with Crippen molar-refractivity contribution in [2.24, 2.45) is 0 Å². The first-order valence-corrected chi connectivity index (χ1v) is 8.10. The van der Waals surface area contributed by atoms with E-state index in [1.54, 1.807) is 26.6 Å². The van der Waals surface area contributed by atoms with Crippen molar-refractivity contribution in [2.75, 3.05) is 14.2 Å². The molecule has 3 rings (SSSR count). The topological polar surface area (TPSA) is 51.7 Å². The molecule has 1 fully saturated rings. The van der Waals surface area contributed by atoms with E-state index in [4.69, 9.17) is 9.47 Å². The first-order valence-electron chi connectivity index (χ1n) is 8.10. The zero-order valence-corrected chi connectivity index (χ0v) is 14.1. The van der Waals surface area contributed by atoms with E-state index in [9.17, 15) is 4.79 Å². The number of ether oxygens (including phenoxy) is 2. The predicted octanol–water partition coefficient (Wildman–Crippen LogP) is 2.83. The minimum absolute atomic E-state index is 0.140. The highest BCUT2D eigenvalue weighted by Gasteiger charge is 2.32. The van der Waals surface area contributed by atoms with Gasteiger partial charge in [0.05, 0.1) is 20.6 Å². The van der Waals surface area contributed by atoms with Gasteiger partial charge in [-0.05, 0) is 48.2 Å². The second kappa shape index (κ2) is 7.34. The lowest BCUT2D eigenvalue weighted by Crippen LogP contribution is -2.33. The van der Waals surface area contributed by atoms with Crippen LogP contribution in [-0.2, 0) is 17.8 Å². The summed E-state index contributed by atoms with van der Waals surface area (Å²) in [6.07, 6.45) is 6.06. The highest BCUT2D eigenvalue weighted by atomic mass is 16.5. The summed E-state index contributed by atoms with van der Waals surface area (Å²) in [6, 6.07) is 9.90. The SMILES string of the molecule is COc1ccc(CC(=O)N(Cc2ccncc2)C2CC2)cc1OC. The second-order valence-electron chi connectivity index (χ2n) is 5.97. The van der Waals surface area contributed by atoms with Crippen molar-refractivity contribution in [3.63, 3.8) is 0 Å². The lowest BCUT2D eigenvalue weighted by Gasteiger charge is -2.23. The zero-order chi connectivity index (χ0) is 16.9. The van der Waals surface area contributed by atoms with E-state index in [0.29, 0.717) is 30.5 Å². The standard InChI is InChI=1S/C19H22N2O3/c1-23-17-6-3-15(11-18(17)24-2)12-19(22)21(16-4-5-16)13-14-7-9-20-10-8-14/h3,6-11,16H,4-5,12-13H2,1-2H3. The van der Waals surface area contributed by atoms with Crippen LogP contribution in [0.3, 0.4) is 0 Å². The number of hydrogen-bond donors (Lipinski definition) is 0. The Bertz CT molecular complexity index is 699. The zero-order valence-electron chi connectivity index (χ0n) is 14.1. The molecule has 0 spiro atoms. The average Bonchev–Trinajstić information content (AvgIpc) is 3.45. The Morgan fingerprint density at radius 3 is 2.42 bits per heavy atom. The fourth-order valence-corrected chi connectivity index (χ4v) is 2.76. The fourth-order valence-electron chi connectivity index (χ4n) is 2.76.